The maximum atomic E-state index is 13.3. The molecule has 3 aromatic carbocycles. The number of alkyl halides is 3. The van der Waals surface area contributed by atoms with Gasteiger partial charge in [0.2, 0.25) is 0 Å². The Kier molecular flexibility index (Phi) is 11.5. The van der Waals surface area contributed by atoms with Crippen LogP contribution in [0.15, 0.2) is 88.3 Å². The lowest BCUT2D eigenvalue weighted by Crippen LogP contribution is -2.29. The Morgan fingerprint density at radius 3 is 2.14 bits per heavy atom. The molecular formula is C30H31F3N4O5. The number of hydrogen-bond acceptors (Lipinski definition) is 8. The van der Waals surface area contributed by atoms with E-state index in [1.807, 2.05) is 0 Å². The minimum atomic E-state index is -4.47. The third kappa shape index (κ3) is 8.56. The van der Waals surface area contributed by atoms with Gasteiger partial charge in [-0.2, -0.15) is 13.2 Å². The second-order valence-corrected chi connectivity index (χ2v) is 8.63. The first-order valence-corrected chi connectivity index (χ1v) is 12.9. The topological polar surface area (TPSA) is 103 Å². The van der Waals surface area contributed by atoms with Crippen molar-refractivity contribution in [3.05, 3.63) is 101 Å². The van der Waals surface area contributed by atoms with Crippen LogP contribution in [0.25, 0.3) is 0 Å². The maximum absolute atomic E-state index is 13.3. The summed E-state index contributed by atoms with van der Waals surface area (Å²) in [5, 5.41) is 14.7. The van der Waals surface area contributed by atoms with Gasteiger partial charge >= 0.3 is 6.18 Å². The van der Waals surface area contributed by atoms with Crippen molar-refractivity contribution in [1.82, 2.24) is 5.32 Å². The molecule has 1 N–H and O–H groups in total. The summed E-state index contributed by atoms with van der Waals surface area (Å²) in [6.45, 7) is 3.54. The lowest BCUT2D eigenvalue weighted by molar-refractivity contribution is -0.138. The predicted octanol–water partition coefficient (Wildman–Crippen LogP) is 5.71. The van der Waals surface area contributed by atoms with E-state index in [9.17, 15) is 18.0 Å². The molecule has 0 aliphatic heterocycles. The Morgan fingerprint density at radius 2 is 1.50 bits per heavy atom. The monoisotopic (exact) mass is 584 g/mol. The molecule has 0 aromatic heterocycles. The lowest BCUT2D eigenvalue weighted by atomic mass is 10.0. The Balaban J connectivity index is 1.75. The number of oxime groups is 3. The van der Waals surface area contributed by atoms with Crippen molar-refractivity contribution in [2.75, 3.05) is 20.8 Å². The van der Waals surface area contributed by atoms with E-state index in [0.29, 0.717) is 40.5 Å². The van der Waals surface area contributed by atoms with E-state index in [2.05, 4.69) is 20.8 Å². The summed E-state index contributed by atoms with van der Waals surface area (Å²) in [6.07, 6.45) is -4.47. The number of rotatable bonds is 13. The molecule has 0 radical (unpaired) electrons. The van der Waals surface area contributed by atoms with Crippen molar-refractivity contribution in [2.45, 2.75) is 33.2 Å². The van der Waals surface area contributed by atoms with E-state index >= 15 is 0 Å². The molecule has 42 heavy (non-hydrogen) atoms. The van der Waals surface area contributed by atoms with E-state index in [4.69, 9.17) is 19.2 Å². The fourth-order valence-electron chi connectivity index (χ4n) is 3.79. The van der Waals surface area contributed by atoms with Crippen molar-refractivity contribution < 1.29 is 37.2 Å². The normalized spacial score (nSPS) is 12.5. The summed E-state index contributed by atoms with van der Waals surface area (Å²) in [7, 11) is 2.84. The third-order valence-corrected chi connectivity index (χ3v) is 5.79. The van der Waals surface area contributed by atoms with E-state index in [1.165, 1.54) is 32.4 Å². The van der Waals surface area contributed by atoms with Gasteiger partial charge in [-0.05, 0) is 44.2 Å². The van der Waals surface area contributed by atoms with Crippen LogP contribution in [0.3, 0.4) is 0 Å². The molecule has 0 atom stereocenters. The summed E-state index contributed by atoms with van der Waals surface area (Å²) in [6, 6.07) is 18.9. The number of nitrogens with zero attached hydrogens (tertiary/aromatic N) is 3. The van der Waals surface area contributed by atoms with Crippen LogP contribution in [0.4, 0.5) is 13.2 Å². The van der Waals surface area contributed by atoms with Gasteiger partial charge in [0.25, 0.3) is 5.91 Å². The molecule has 0 unspecified atom stereocenters. The average Bonchev–Trinajstić information content (AvgIpc) is 2.99. The lowest BCUT2D eigenvalue weighted by Gasteiger charge is -2.14. The van der Waals surface area contributed by atoms with E-state index in [1.54, 1.807) is 62.4 Å². The highest BCUT2D eigenvalue weighted by atomic mass is 19.4. The highest BCUT2D eigenvalue weighted by Gasteiger charge is 2.33. The third-order valence-electron chi connectivity index (χ3n) is 5.79. The summed E-state index contributed by atoms with van der Waals surface area (Å²) in [5.41, 5.74) is 1.93. The van der Waals surface area contributed by atoms with Crippen molar-refractivity contribution in [2.24, 2.45) is 15.5 Å². The first-order chi connectivity index (χ1) is 20.2. The molecule has 0 aliphatic rings. The smallest absolute Gasteiger partial charge is 0.416 e. The summed E-state index contributed by atoms with van der Waals surface area (Å²) in [4.78, 5) is 28.0. The fraction of sp³-hybridized carbons (Fsp3) is 0.267. The van der Waals surface area contributed by atoms with Gasteiger partial charge in [-0.3, -0.25) is 4.79 Å². The Bertz CT molecular complexity index is 1440. The molecule has 0 bridgehead atoms. The standard InChI is InChI=1S/C30H31F3N4O5/c1-5-41-37-27(20(2)35-42-19-22-10-6-8-12-25(22)28(36-39-4)29(38)34-3)21-14-16-24(17-15-21)40-18-23-11-7-9-13-26(23)30(31,32)33/h6-17H,5,18-19H2,1-4H3,(H,34,38). The molecule has 0 fully saturated rings. The number of carbonyl (C=O) groups is 1. The Hall–Kier alpha value is -4.87. The molecule has 0 saturated heterocycles. The Labute approximate surface area is 241 Å². The molecule has 0 saturated carbocycles. The highest BCUT2D eigenvalue weighted by molar-refractivity contribution is 6.47. The fourth-order valence-corrected chi connectivity index (χ4v) is 3.79. The molecule has 3 aromatic rings. The van der Waals surface area contributed by atoms with Gasteiger partial charge in [-0.15, -0.1) is 0 Å². The van der Waals surface area contributed by atoms with Gasteiger partial charge in [0.05, 0.1) is 5.56 Å². The summed E-state index contributed by atoms with van der Waals surface area (Å²) < 4.78 is 45.5. The quantitative estimate of drug-likeness (QED) is 0.205. The second kappa shape index (κ2) is 15.2. The average molecular weight is 585 g/mol. The van der Waals surface area contributed by atoms with E-state index in [0.717, 1.165) is 6.07 Å². The van der Waals surface area contributed by atoms with Crippen LogP contribution in [0.1, 0.15) is 41.7 Å². The van der Waals surface area contributed by atoms with Gasteiger partial charge in [0, 0.05) is 29.3 Å². The predicted molar refractivity (Wildman–Crippen MR) is 152 cm³/mol. The van der Waals surface area contributed by atoms with Gasteiger partial charge in [0.1, 0.15) is 44.1 Å². The molecule has 0 spiro atoms. The summed E-state index contributed by atoms with van der Waals surface area (Å²) in [5.74, 6) is -0.0503. The van der Waals surface area contributed by atoms with Crippen LogP contribution >= 0.6 is 0 Å². The van der Waals surface area contributed by atoms with Crippen molar-refractivity contribution in [3.63, 3.8) is 0 Å². The molecule has 9 nitrogen and oxygen atoms in total. The zero-order valence-corrected chi connectivity index (χ0v) is 23.6. The first-order valence-electron chi connectivity index (χ1n) is 12.9. The van der Waals surface area contributed by atoms with Crippen molar-refractivity contribution >= 4 is 23.0 Å². The molecule has 222 valence electrons. The number of nitrogens with one attached hydrogen (secondary N) is 1. The number of amides is 1. The van der Waals surface area contributed by atoms with Crippen molar-refractivity contribution in [3.8, 4) is 5.75 Å². The van der Waals surface area contributed by atoms with Crippen molar-refractivity contribution in [1.29, 1.82) is 0 Å². The highest BCUT2D eigenvalue weighted by Crippen LogP contribution is 2.32. The molecule has 12 heteroatoms. The van der Waals surface area contributed by atoms with Crippen LogP contribution in [0, 0.1) is 0 Å². The molecule has 3 rings (SSSR count). The van der Waals surface area contributed by atoms with Crippen LogP contribution in [-0.2, 0) is 38.7 Å². The zero-order valence-electron chi connectivity index (χ0n) is 23.6. The number of hydrogen-bond donors (Lipinski definition) is 1. The number of ether oxygens (including phenoxy) is 1. The number of likely N-dealkylation sites (N-methyl/N-ethyl adjacent to an activating group) is 1. The van der Waals surface area contributed by atoms with Crippen LogP contribution in [0.2, 0.25) is 0 Å². The van der Waals surface area contributed by atoms with Gasteiger partial charge in [0.15, 0.2) is 5.71 Å². The molecule has 0 aliphatic carbocycles. The van der Waals surface area contributed by atoms with E-state index in [-0.39, 0.29) is 24.5 Å². The van der Waals surface area contributed by atoms with Gasteiger partial charge in [-0.25, -0.2) is 0 Å². The maximum Gasteiger partial charge on any atom is 0.416 e. The van der Waals surface area contributed by atoms with Gasteiger partial charge < -0.3 is 24.6 Å². The number of carbonyl (C=O) groups excluding carboxylic acids is 1. The largest absolute Gasteiger partial charge is 0.489 e. The first kappa shape index (κ1) is 31.7. The minimum absolute atomic E-state index is 0.0152. The van der Waals surface area contributed by atoms with Crippen LogP contribution in [0.5, 0.6) is 5.75 Å². The van der Waals surface area contributed by atoms with Crippen LogP contribution in [-0.4, -0.2) is 43.8 Å². The number of benzene rings is 3. The number of halogens is 3. The van der Waals surface area contributed by atoms with Gasteiger partial charge in [-0.1, -0.05) is 57.9 Å². The summed E-state index contributed by atoms with van der Waals surface area (Å²) >= 11 is 0. The SMILES string of the molecule is CCON=C(C(C)=NOCc1ccccc1C(=NOC)C(=O)NC)c1ccc(OCc2ccccc2C(F)(F)F)cc1. The molecule has 1 amide bonds. The Morgan fingerprint density at radius 1 is 0.833 bits per heavy atom. The minimum Gasteiger partial charge on any atom is -0.489 e. The van der Waals surface area contributed by atoms with E-state index < -0.39 is 17.6 Å². The molecule has 0 heterocycles. The zero-order chi connectivity index (χ0) is 30.5. The molecular weight excluding hydrogens is 553 g/mol. The second-order valence-electron chi connectivity index (χ2n) is 8.63. The van der Waals surface area contributed by atoms with Crippen LogP contribution < -0.4 is 10.1 Å².